The molecule has 3 unspecified atom stereocenters. The van der Waals surface area contributed by atoms with Crippen LogP contribution in [0.15, 0.2) is 0 Å². The van der Waals surface area contributed by atoms with E-state index in [1.807, 2.05) is 0 Å². The largest absolute Gasteiger partial charge is 0.377 e. The number of ether oxygens (including phenoxy) is 1. The standard InChI is InChI=1S/C13H28N2O/c1-11(6-8-14)5-4-9-15(3)13-7-10-16-12(13)2/h11-13H,4-10,14H2,1-3H3. The van der Waals surface area contributed by atoms with E-state index in [9.17, 15) is 0 Å². The molecule has 2 N–H and O–H groups in total. The van der Waals surface area contributed by atoms with Crippen molar-refractivity contribution in [2.75, 3.05) is 26.7 Å². The molecule has 0 bridgehead atoms. The van der Waals surface area contributed by atoms with E-state index in [0.29, 0.717) is 12.1 Å². The molecule has 0 spiro atoms. The molecule has 3 nitrogen and oxygen atoms in total. The summed E-state index contributed by atoms with van der Waals surface area (Å²) in [5, 5.41) is 0. The fourth-order valence-corrected chi connectivity index (χ4v) is 2.58. The van der Waals surface area contributed by atoms with Gasteiger partial charge in [-0.25, -0.2) is 0 Å². The van der Waals surface area contributed by atoms with Crippen molar-refractivity contribution in [1.29, 1.82) is 0 Å². The number of nitrogens with zero attached hydrogens (tertiary/aromatic N) is 1. The van der Waals surface area contributed by atoms with Gasteiger partial charge in [-0.05, 0) is 58.7 Å². The molecule has 1 saturated heterocycles. The minimum atomic E-state index is 0.409. The third kappa shape index (κ3) is 4.40. The van der Waals surface area contributed by atoms with Crippen molar-refractivity contribution in [2.45, 2.75) is 51.7 Å². The summed E-state index contributed by atoms with van der Waals surface area (Å²) in [6, 6.07) is 0.629. The first-order valence-electron chi connectivity index (χ1n) is 6.67. The number of likely N-dealkylation sites (N-methyl/N-ethyl adjacent to an activating group) is 1. The van der Waals surface area contributed by atoms with E-state index in [1.54, 1.807) is 0 Å². The van der Waals surface area contributed by atoms with Gasteiger partial charge in [0.1, 0.15) is 0 Å². The van der Waals surface area contributed by atoms with Crippen LogP contribution in [0.1, 0.15) is 39.5 Å². The first kappa shape index (κ1) is 13.9. The van der Waals surface area contributed by atoms with Crippen LogP contribution in [0.4, 0.5) is 0 Å². The number of nitrogens with two attached hydrogens (primary N) is 1. The van der Waals surface area contributed by atoms with Crippen LogP contribution in [-0.4, -0.2) is 43.8 Å². The molecular weight excluding hydrogens is 200 g/mol. The summed E-state index contributed by atoms with van der Waals surface area (Å²) in [5.74, 6) is 0.774. The normalized spacial score (nSPS) is 27.6. The molecule has 0 aromatic rings. The van der Waals surface area contributed by atoms with Crippen molar-refractivity contribution in [3.8, 4) is 0 Å². The summed E-state index contributed by atoms with van der Waals surface area (Å²) in [4.78, 5) is 2.47. The van der Waals surface area contributed by atoms with Crippen LogP contribution in [-0.2, 0) is 4.74 Å². The summed E-state index contributed by atoms with van der Waals surface area (Å²) in [5.41, 5.74) is 5.55. The minimum Gasteiger partial charge on any atom is -0.377 e. The average Bonchev–Trinajstić information content (AvgIpc) is 2.64. The van der Waals surface area contributed by atoms with Gasteiger partial charge in [-0.1, -0.05) is 6.92 Å². The average molecular weight is 228 g/mol. The summed E-state index contributed by atoms with van der Waals surface area (Å²) in [6.45, 7) is 7.43. The third-order valence-electron chi connectivity index (χ3n) is 3.77. The van der Waals surface area contributed by atoms with Crippen molar-refractivity contribution < 1.29 is 4.74 Å². The van der Waals surface area contributed by atoms with E-state index in [0.717, 1.165) is 25.5 Å². The van der Waals surface area contributed by atoms with Crippen LogP contribution < -0.4 is 5.73 Å². The lowest BCUT2D eigenvalue weighted by Gasteiger charge is -2.26. The number of hydrogen-bond acceptors (Lipinski definition) is 3. The highest BCUT2D eigenvalue weighted by Gasteiger charge is 2.27. The molecule has 16 heavy (non-hydrogen) atoms. The van der Waals surface area contributed by atoms with E-state index in [2.05, 4.69) is 25.8 Å². The molecule has 0 aromatic heterocycles. The summed E-state index contributed by atoms with van der Waals surface area (Å²) in [6.07, 6.45) is 5.33. The third-order valence-corrected chi connectivity index (χ3v) is 3.77. The lowest BCUT2D eigenvalue weighted by molar-refractivity contribution is 0.0828. The molecule has 0 radical (unpaired) electrons. The Morgan fingerprint density at radius 2 is 2.19 bits per heavy atom. The van der Waals surface area contributed by atoms with Gasteiger partial charge in [-0.15, -0.1) is 0 Å². The first-order chi connectivity index (χ1) is 7.65. The van der Waals surface area contributed by atoms with Crippen molar-refractivity contribution in [1.82, 2.24) is 4.90 Å². The second kappa shape index (κ2) is 7.25. The molecule has 3 atom stereocenters. The maximum absolute atomic E-state index is 5.59. The Kier molecular flexibility index (Phi) is 6.32. The Morgan fingerprint density at radius 1 is 1.44 bits per heavy atom. The molecule has 96 valence electrons. The fourth-order valence-electron chi connectivity index (χ4n) is 2.58. The van der Waals surface area contributed by atoms with Crippen molar-refractivity contribution in [2.24, 2.45) is 11.7 Å². The monoisotopic (exact) mass is 228 g/mol. The van der Waals surface area contributed by atoms with Gasteiger partial charge < -0.3 is 15.4 Å². The van der Waals surface area contributed by atoms with E-state index >= 15 is 0 Å². The van der Waals surface area contributed by atoms with Crippen LogP contribution >= 0.6 is 0 Å². The van der Waals surface area contributed by atoms with Gasteiger partial charge in [0, 0.05) is 12.6 Å². The molecule has 1 heterocycles. The van der Waals surface area contributed by atoms with Gasteiger partial charge in [0.05, 0.1) is 6.10 Å². The van der Waals surface area contributed by atoms with Crippen LogP contribution in [0, 0.1) is 5.92 Å². The summed E-state index contributed by atoms with van der Waals surface area (Å²) in [7, 11) is 2.23. The van der Waals surface area contributed by atoms with Crippen molar-refractivity contribution in [3.05, 3.63) is 0 Å². The molecule has 0 aromatic carbocycles. The highest BCUT2D eigenvalue weighted by molar-refractivity contribution is 4.80. The van der Waals surface area contributed by atoms with Crippen LogP contribution in [0.5, 0.6) is 0 Å². The van der Waals surface area contributed by atoms with Gasteiger partial charge in [-0.2, -0.15) is 0 Å². The van der Waals surface area contributed by atoms with Crippen molar-refractivity contribution >= 4 is 0 Å². The Labute approximate surface area is 100 Å². The smallest absolute Gasteiger partial charge is 0.0702 e. The molecule has 0 amide bonds. The topological polar surface area (TPSA) is 38.5 Å². The lowest BCUT2D eigenvalue weighted by Crippen LogP contribution is -2.37. The summed E-state index contributed by atoms with van der Waals surface area (Å²) < 4.78 is 5.59. The van der Waals surface area contributed by atoms with E-state index in [4.69, 9.17) is 10.5 Å². The highest BCUT2D eigenvalue weighted by atomic mass is 16.5. The van der Waals surface area contributed by atoms with Gasteiger partial charge in [0.15, 0.2) is 0 Å². The van der Waals surface area contributed by atoms with Gasteiger partial charge in [0.2, 0.25) is 0 Å². The molecule has 1 rings (SSSR count). The number of rotatable bonds is 7. The molecule has 0 saturated carbocycles. The van der Waals surface area contributed by atoms with E-state index < -0.39 is 0 Å². The first-order valence-corrected chi connectivity index (χ1v) is 6.67. The summed E-state index contributed by atoms with van der Waals surface area (Å²) >= 11 is 0. The van der Waals surface area contributed by atoms with Crippen LogP contribution in [0.2, 0.25) is 0 Å². The molecule has 3 heteroatoms. The molecule has 1 aliphatic rings. The Hall–Kier alpha value is -0.120. The Morgan fingerprint density at radius 3 is 2.75 bits per heavy atom. The molecular formula is C13H28N2O. The van der Waals surface area contributed by atoms with Gasteiger partial charge in [0.25, 0.3) is 0 Å². The zero-order chi connectivity index (χ0) is 12.0. The number of hydrogen-bond donors (Lipinski definition) is 1. The van der Waals surface area contributed by atoms with Crippen molar-refractivity contribution in [3.63, 3.8) is 0 Å². The van der Waals surface area contributed by atoms with Gasteiger partial charge in [-0.3, -0.25) is 0 Å². The quantitative estimate of drug-likeness (QED) is 0.723. The molecule has 1 aliphatic heterocycles. The lowest BCUT2D eigenvalue weighted by atomic mass is 10.0. The van der Waals surface area contributed by atoms with Crippen LogP contribution in [0.25, 0.3) is 0 Å². The maximum Gasteiger partial charge on any atom is 0.0702 e. The van der Waals surface area contributed by atoms with Crippen LogP contribution in [0.3, 0.4) is 0 Å². The molecule has 1 fully saturated rings. The fraction of sp³-hybridized carbons (Fsp3) is 1.00. The zero-order valence-electron chi connectivity index (χ0n) is 11.1. The molecule has 0 aliphatic carbocycles. The minimum absolute atomic E-state index is 0.409. The Balaban J connectivity index is 2.12. The van der Waals surface area contributed by atoms with Gasteiger partial charge >= 0.3 is 0 Å². The second-order valence-corrected chi connectivity index (χ2v) is 5.24. The predicted molar refractivity (Wildman–Crippen MR) is 68.5 cm³/mol. The zero-order valence-corrected chi connectivity index (χ0v) is 11.1. The second-order valence-electron chi connectivity index (χ2n) is 5.24. The SMILES string of the molecule is CC(CCN)CCCN(C)C1CCOC1C. The van der Waals surface area contributed by atoms with E-state index in [-0.39, 0.29) is 0 Å². The van der Waals surface area contributed by atoms with E-state index in [1.165, 1.54) is 25.8 Å². The highest BCUT2D eigenvalue weighted by Crippen LogP contribution is 2.19. The predicted octanol–water partition coefficient (Wildman–Crippen LogP) is 1.86. The Bertz CT molecular complexity index is 187. The maximum atomic E-state index is 5.59.